The average molecular weight is 564 g/mol. The summed E-state index contributed by atoms with van der Waals surface area (Å²) in [4.78, 5) is 4.28. The molecule has 0 atom stereocenters. The Kier molecular flexibility index (Phi) is 10.4. The summed E-state index contributed by atoms with van der Waals surface area (Å²) >= 11 is 3.49. The van der Waals surface area contributed by atoms with E-state index < -0.39 is 0 Å². The molecule has 28 heavy (non-hydrogen) atoms. The monoisotopic (exact) mass is 563 g/mol. The molecule has 2 aromatic carbocycles. The van der Waals surface area contributed by atoms with Gasteiger partial charge in [0.2, 0.25) is 5.75 Å². The third-order valence-corrected chi connectivity index (χ3v) is 4.65. The van der Waals surface area contributed by atoms with E-state index in [4.69, 9.17) is 14.2 Å². The minimum Gasteiger partial charge on any atom is -0.493 e. The quantitative estimate of drug-likeness (QED) is 0.299. The third-order valence-electron chi connectivity index (χ3n) is 4.16. The van der Waals surface area contributed by atoms with E-state index in [1.54, 1.807) is 28.4 Å². The summed E-state index contributed by atoms with van der Waals surface area (Å²) < 4.78 is 17.2. The van der Waals surface area contributed by atoms with Gasteiger partial charge in [-0.05, 0) is 47.9 Å². The second-order valence-electron chi connectivity index (χ2n) is 5.88. The first-order valence-electron chi connectivity index (χ1n) is 8.50. The molecule has 0 bridgehead atoms. The van der Waals surface area contributed by atoms with Crippen molar-refractivity contribution in [3.63, 3.8) is 0 Å². The van der Waals surface area contributed by atoms with E-state index in [9.17, 15) is 0 Å². The molecule has 0 spiro atoms. The van der Waals surface area contributed by atoms with Crippen molar-refractivity contribution in [2.24, 2.45) is 4.99 Å². The lowest BCUT2D eigenvalue weighted by Crippen LogP contribution is -2.36. The van der Waals surface area contributed by atoms with Crippen LogP contribution in [0.25, 0.3) is 0 Å². The van der Waals surface area contributed by atoms with Gasteiger partial charge >= 0.3 is 0 Å². The van der Waals surface area contributed by atoms with Gasteiger partial charge in [0.05, 0.1) is 21.3 Å². The first kappa shape index (κ1) is 24.4. The fraction of sp³-hybridized carbons (Fsp3) is 0.350. The summed E-state index contributed by atoms with van der Waals surface area (Å²) in [6.45, 7) is 3.34. The zero-order valence-corrected chi connectivity index (χ0v) is 20.7. The number of aryl methyl sites for hydroxylation is 1. The van der Waals surface area contributed by atoms with Gasteiger partial charge in [0, 0.05) is 24.6 Å². The number of nitrogens with one attached hydrogen (secondary N) is 2. The maximum absolute atomic E-state index is 5.40. The molecule has 2 aromatic rings. The van der Waals surface area contributed by atoms with Crippen molar-refractivity contribution in [3.8, 4) is 17.2 Å². The van der Waals surface area contributed by atoms with Crippen LogP contribution in [-0.4, -0.2) is 34.3 Å². The molecule has 0 fully saturated rings. The number of benzene rings is 2. The number of aliphatic imine (C=N–C) groups is 1. The van der Waals surface area contributed by atoms with Crippen molar-refractivity contribution in [2.45, 2.75) is 20.0 Å². The van der Waals surface area contributed by atoms with Crippen LogP contribution in [0, 0.1) is 6.92 Å². The molecule has 0 heterocycles. The van der Waals surface area contributed by atoms with Gasteiger partial charge in [-0.3, -0.25) is 4.99 Å². The van der Waals surface area contributed by atoms with Crippen molar-refractivity contribution in [1.82, 2.24) is 10.6 Å². The van der Waals surface area contributed by atoms with E-state index in [1.165, 1.54) is 11.1 Å². The molecule has 0 aliphatic rings. The Balaban J connectivity index is 0.00000392. The van der Waals surface area contributed by atoms with Gasteiger partial charge < -0.3 is 24.8 Å². The SMILES string of the molecule is CN=C(NCc1cc(OC)c(OC)c(OC)c1)NCc1ccc(Br)cc1C.I. The van der Waals surface area contributed by atoms with E-state index in [2.05, 4.69) is 50.6 Å². The van der Waals surface area contributed by atoms with E-state index in [-0.39, 0.29) is 24.0 Å². The van der Waals surface area contributed by atoms with Crippen LogP contribution in [-0.2, 0) is 13.1 Å². The highest BCUT2D eigenvalue weighted by atomic mass is 127. The van der Waals surface area contributed by atoms with Gasteiger partial charge in [-0.2, -0.15) is 0 Å². The molecule has 154 valence electrons. The van der Waals surface area contributed by atoms with Gasteiger partial charge in [0.1, 0.15) is 0 Å². The van der Waals surface area contributed by atoms with Crippen LogP contribution in [0.2, 0.25) is 0 Å². The number of ether oxygens (including phenoxy) is 3. The molecule has 0 saturated heterocycles. The highest BCUT2D eigenvalue weighted by Gasteiger charge is 2.13. The zero-order valence-electron chi connectivity index (χ0n) is 16.8. The van der Waals surface area contributed by atoms with Crippen LogP contribution in [0.3, 0.4) is 0 Å². The van der Waals surface area contributed by atoms with E-state index in [0.29, 0.717) is 36.3 Å². The van der Waals surface area contributed by atoms with Crippen LogP contribution >= 0.6 is 39.9 Å². The van der Waals surface area contributed by atoms with Crippen LogP contribution in [0.1, 0.15) is 16.7 Å². The second-order valence-corrected chi connectivity index (χ2v) is 6.80. The smallest absolute Gasteiger partial charge is 0.203 e. The molecule has 0 aliphatic carbocycles. The summed E-state index contributed by atoms with van der Waals surface area (Å²) in [5.41, 5.74) is 3.43. The largest absolute Gasteiger partial charge is 0.493 e. The number of halogens is 2. The van der Waals surface area contributed by atoms with Crippen LogP contribution in [0.4, 0.5) is 0 Å². The van der Waals surface area contributed by atoms with Crippen molar-refractivity contribution < 1.29 is 14.2 Å². The Labute approximate surface area is 192 Å². The molecule has 0 amide bonds. The summed E-state index contributed by atoms with van der Waals surface area (Å²) in [6.07, 6.45) is 0. The van der Waals surface area contributed by atoms with Crippen molar-refractivity contribution in [2.75, 3.05) is 28.4 Å². The molecule has 6 nitrogen and oxygen atoms in total. The van der Waals surface area contributed by atoms with Crippen LogP contribution in [0.15, 0.2) is 39.8 Å². The Morgan fingerprint density at radius 2 is 1.57 bits per heavy atom. The first-order chi connectivity index (χ1) is 13.0. The van der Waals surface area contributed by atoms with Gasteiger partial charge in [0.15, 0.2) is 17.5 Å². The predicted molar refractivity (Wildman–Crippen MR) is 127 cm³/mol. The zero-order chi connectivity index (χ0) is 19.8. The molecule has 0 aliphatic heterocycles. The molecule has 0 unspecified atom stereocenters. The molecular formula is C20H27BrIN3O3. The maximum Gasteiger partial charge on any atom is 0.203 e. The van der Waals surface area contributed by atoms with Crippen molar-refractivity contribution in [1.29, 1.82) is 0 Å². The first-order valence-corrected chi connectivity index (χ1v) is 9.30. The van der Waals surface area contributed by atoms with Crippen molar-refractivity contribution in [3.05, 3.63) is 51.5 Å². The molecule has 0 radical (unpaired) electrons. The van der Waals surface area contributed by atoms with Gasteiger partial charge in [-0.15, -0.1) is 24.0 Å². The minimum atomic E-state index is 0. The van der Waals surface area contributed by atoms with Crippen LogP contribution in [0.5, 0.6) is 17.2 Å². The van der Waals surface area contributed by atoms with Crippen LogP contribution < -0.4 is 24.8 Å². The van der Waals surface area contributed by atoms with E-state index in [0.717, 1.165) is 10.0 Å². The van der Waals surface area contributed by atoms with Gasteiger partial charge in [0.25, 0.3) is 0 Å². The highest BCUT2D eigenvalue weighted by Crippen LogP contribution is 2.38. The standard InChI is InChI=1S/C20H26BrN3O3.HI/c1-13-8-16(21)7-6-15(13)12-24-20(22-2)23-11-14-9-17(25-3)19(27-5)18(10-14)26-4;/h6-10H,11-12H2,1-5H3,(H2,22,23,24);1H. The average Bonchev–Trinajstić information content (AvgIpc) is 2.68. The fourth-order valence-electron chi connectivity index (χ4n) is 2.68. The third kappa shape index (κ3) is 6.44. The lowest BCUT2D eigenvalue weighted by Gasteiger charge is -2.16. The second kappa shape index (κ2) is 12.0. The number of hydrogen-bond acceptors (Lipinski definition) is 4. The Morgan fingerprint density at radius 3 is 2.07 bits per heavy atom. The van der Waals surface area contributed by atoms with E-state index in [1.807, 2.05) is 18.2 Å². The summed E-state index contributed by atoms with van der Waals surface area (Å²) in [5.74, 6) is 2.55. The number of methoxy groups -OCH3 is 3. The lowest BCUT2D eigenvalue weighted by molar-refractivity contribution is 0.323. The summed E-state index contributed by atoms with van der Waals surface area (Å²) in [5, 5.41) is 6.64. The normalized spacial score (nSPS) is 10.7. The molecular weight excluding hydrogens is 537 g/mol. The van der Waals surface area contributed by atoms with Gasteiger partial charge in [-0.1, -0.05) is 22.0 Å². The number of hydrogen-bond donors (Lipinski definition) is 2. The Hall–Kier alpha value is -1.68. The van der Waals surface area contributed by atoms with Gasteiger partial charge in [-0.25, -0.2) is 0 Å². The highest BCUT2D eigenvalue weighted by molar-refractivity contribution is 14.0. The molecule has 0 aromatic heterocycles. The Morgan fingerprint density at radius 1 is 0.964 bits per heavy atom. The maximum atomic E-state index is 5.40. The number of guanidine groups is 1. The Bertz CT molecular complexity index is 790. The molecule has 8 heteroatoms. The van der Waals surface area contributed by atoms with Crippen molar-refractivity contribution >= 4 is 45.9 Å². The molecule has 0 saturated carbocycles. The lowest BCUT2D eigenvalue weighted by atomic mass is 10.1. The number of rotatable bonds is 7. The minimum absolute atomic E-state index is 0. The fourth-order valence-corrected chi connectivity index (χ4v) is 3.16. The molecule has 2 rings (SSSR count). The number of nitrogens with zero attached hydrogens (tertiary/aromatic N) is 1. The summed E-state index contributed by atoms with van der Waals surface area (Å²) in [6, 6.07) is 10.1. The van der Waals surface area contributed by atoms with E-state index >= 15 is 0 Å². The summed E-state index contributed by atoms with van der Waals surface area (Å²) in [7, 11) is 6.55. The predicted octanol–water partition coefficient (Wildman–Crippen LogP) is 4.27. The topological polar surface area (TPSA) is 64.1 Å². The molecule has 2 N–H and O–H groups in total.